The summed E-state index contributed by atoms with van der Waals surface area (Å²) in [7, 11) is 3.45. The van der Waals surface area contributed by atoms with E-state index in [1.54, 1.807) is 20.5 Å². The van der Waals surface area contributed by atoms with E-state index in [-0.39, 0.29) is 24.0 Å². The fourth-order valence-electron chi connectivity index (χ4n) is 2.49. The zero-order chi connectivity index (χ0) is 17.4. The van der Waals surface area contributed by atoms with Crippen molar-refractivity contribution in [2.24, 2.45) is 4.99 Å². The number of halogens is 1. The molecule has 0 aliphatic heterocycles. The van der Waals surface area contributed by atoms with Crippen LogP contribution in [0.5, 0.6) is 5.75 Å². The lowest BCUT2D eigenvalue weighted by molar-refractivity contribution is 0.411. The Labute approximate surface area is 166 Å². The minimum atomic E-state index is 0. The van der Waals surface area contributed by atoms with Gasteiger partial charge in [-0.15, -0.1) is 34.2 Å². The highest BCUT2D eigenvalue weighted by Crippen LogP contribution is 2.18. The average Bonchev–Trinajstić information content (AvgIpc) is 3.05. The van der Waals surface area contributed by atoms with Gasteiger partial charge in [0.2, 0.25) is 0 Å². The van der Waals surface area contributed by atoms with Gasteiger partial charge in [-0.1, -0.05) is 19.1 Å². The fourth-order valence-corrected chi connectivity index (χ4v) is 2.49. The number of methoxy groups -OCH3 is 1. The first kappa shape index (κ1) is 21.2. The number of aliphatic imine (C=N–C) groups is 1. The van der Waals surface area contributed by atoms with Crippen LogP contribution in [-0.4, -0.2) is 41.4 Å². The molecule has 0 saturated heterocycles. The summed E-state index contributed by atoms with van der Waals surface area (Å²) in [5.41, 5.74) is 2.31. The van der Waals surface area contributed by atoms with Gasteiger partial charge in [0.1, 0.15) is 17.9 Å². The second kappa shape index (κ2) is 10.9. The molecule has 0 spiro atoms. The van der Waals surface area contributed by atoms with Crippen molar-refractivity contribution in [1.82, 2.24) is 25.4 Å². The summed E-state index contributed by atoms with van der Waals surface area (Å²) < 4.78 is 7.33. The van der Waals surface area contributed by atoms with Crippen LogP contribution < -0.4 is 15.4 Å². The third-order valence-corrected chi connectivity index (χ3v) is 3.80. The van der Waals surface area contributed by atoms with Crippen molar-refractivity contribution in [2.75, 3.05) is 20.7 Å². The molecule has 8 heteroatoms. The van der Waals surface area contributed by atoms with Crippen molar-refractivity contribution in [2.45, 2.75) is 33.4 Å². The number of hydrogen-bond acceptors (Lipinski definition) is 4. The Hall–Kier alpha value is -1.84. The van der Waals surface area contributed by atoms with E-state index in [0.29, 0.717) is 6.54 Å². The van der Waals surface area contributed by atoms with Crippen LogP contribution in [0, 0.1) is 6.92 Å². The molecule has 1 aromatic carbocycles. The number of benzene rings is 1. The molecule has 0 unspecified atom stereocenters. The molecule has 0 aliphatic carbocycles. The van der Waals surface area contributed by atoms with Crippen molar-refractivity contribution in [3.05, 3.63) is 41.5 Å². The predicted octanol–water partition coefficient (Wildman–Crippen LogP) is 2.14. The maximum absolute atomic E-state index is 5.29. The summed E-state index contributed by atoms with van der Waals surface area (Å²) in [4.78, 5) is 4.25. The molecular weight excluding hydrogens is 431 g/mol. The number of nitrogens with one attached hydrogen (secondary N) is 2. The predicted molar refractivity (Wildman–Crippen MR) is 111 cm³/mol. The van der Waals surface area contributed by atoms with E-state index >= 15 is 0 Å². The molecule has 0 aliphatic rings. The molecule has 2 rings (SSSR count). The molecule has 0 amide bonds. The molecule has 2 N–H and O–H groups in total. The fraction of sp³-hybridized carbons (Fsp3) is 0.471. The molecule has 138 valence electrons. The zero-order valence-corrected chi connectivity index (χ0v) is 17.6. The number of aryl methyl sites for hydroxylation is 2. The van der Waals surface area contributed by atoms with E-state index in [4.69, 9.17) is 4.74 Å². The van der Waals surface area contributed by atoms with Crippen LogP contribution in [0.25, 0.3) is 0 Å². The second-order valence-corrected chi connectivity index (χ2v) is 5.45. The lowest BCUT2D eigenvalue weighted by Gasteiger charge is -2.13. The van der Waals surface area contributed by atoms with Crippen LogP contribution in [0.15, 0.2) is 29.5 Å². The van der Waals surface area contributed by atoms with E-state index in [1.165, 1.54) is 5.56 Å². The molecule has 1 aromatic heterocycles. The molecule has 0 saturated carbocycles. The van der Waals surface area contributed by atoms with Gasteiger partial charge in [-0.2, -0.15) is 0 Å². The van der Waals surface area contributed by atoms with Gasteiger partial charge in [0.15, 0.2) is 5.96 Å². The van der Waals surface area contributed by atoms with E-state index in [0.717, 1.165) is 42.6 Å². The van der Waals surface area contributed by atoms with Crippen LogP contribution in [0.1, 0.15) is 23.9 Å². The Morgan fingerprint density at radius 2 is 2.12 bits per heavy atom. The van der Waals surface area contributed by atoms with Crippen LogP contribution >= 0.6 is 24.0 Å². The molecule has 2 aromatic rings. The summed E-state index contributed by atoms with van der Waals surface area (Å²) in [5, 5.41) is 14.6. The number of ether oxygens (including phenoxy) is 1. The Kier molecular flexibility index (Phi) is 9.25. The highest BCUT2D eigenvalue weighted by atomic mass is 127. The van der Waals surface area contributed by atoms with Gasteiger partial charge < -0.3 is 19.9 Å². The molecule has 0 atom stereocenters. The Morgan fingerprint density at radius 1 is 1.32 bits per heavy atom. The maximum atomic E-state index is 5.29. The summed E-state index contributed by atoms with van der Waals surface area (Å²) in [5.74, 6) is 2.67. The lowest BCUT2D eigenvalue weighted by Crippen LogP contribution is -2.38. The van der Waals surface area contributed by atoms with Gasteiger partial charge in [0.05, 0.1) is 7.11 Å². The van der Waals surface area contributed by atoms with Crippen LogP contribution in [0.2, 0.25) is 0 Å². The Bertz CT molecular complexity index is 686. The van der Waals surface area contributed by atoms with Crippen molar-refractivity contribution in [3.63, 3.8) is 0 Å². The van der Waals surface area contributed by atoms with Gasteiger partial charge in [-0.05, 0) is 24.1 Å². The third-order valence-electron chi connectivity index (χ3n) is 3.80. The summed E-state index contributed by atoms with van der Waals surface area (Å²) in [6, 6.07) is 6.15. The maximum Gasteiger partial charge on any atom is 0.191 e. The van der Waals surface area contributed by atoms with Gasteiger partial charge in [-0.25, -0.2) is 0 Å². The van der Waals surface area contributed by atoms with E-state index in [1.807, 2.05) is 17.6 Å². The van der Waals surface area contributed by atoms with Gasteiger partial charge in [0.25, 0.3) is 0 Å². The Balaban J connectivity index is 0.00000312. The first-order valence-corrected chi connectivity index (χ1v) is 8.12. The topological polar surface area (TPSA) is 76.4 Å². The molecule has 0 fully saturated rings. The first-order chi connectivity index (χ1) is 11.7. The van der Waals surface area contributed by atoms with Crippen LogP contribution in [0.3, 0.4) is 0 Å². The van der Waals surface area contributed by atoms with Crippen LogP contribution in [0.4, 0.5) is 0 Å². The number of guanidine groups is 1. The zero-order valence-electron chi connectivity index (χ0n) is 15.2. The second-order valence-electron chi connectivity index (χ2n) is 5.45. The van der Waals surface area contributed by atoms with Gasteiger partial charge in [-0.3, -0.25) is 4.99 Å². The molecule has 0 radical (unpaired) electrons. The highest BCUT2D eigenvalue weighted by Gasteiger charge is 2.03. The highest BCUT2D eigenvalue weighted by molar-refractivity contribution is 14.0. The van der Waals surface area contributed by atoms with E-state index in [9.17, 15) is 0 Å². The monoisotopic (exact) mass is 458 g/mol. The number of hydrogen-bond donors (Lipinski definition) is 2. The summed E-state index contributed by atoms with van der Waals surface area (Å²) in [6.07, 6.45) is 2.64. The molecular formula is C17H27IN6O. The smallest absolute Gasteiger partial charge is 0.191 e. The van der Waals surface area contributed by atoms with Crippen molar-refractivity contribution >= 4 is 29.9 Å². The SMILES string of the molecule is CCc1nncn1CCNC(=NC)NCc1ccc(OC)c(C)c1.I. The number of nitrogens with zero attached hydrogens (tertiary/aromatic N) is 4. The van der Waals surface area contributed by atoms with Crippen molar-refractivity contribution in [3.8, 4) is 5.75 Å². The average molecular weight is 458 g/mol. The normalized spacial score (nSPS) is 11.0. The molecule has 25 heavy (non-hydrogen) atoms. The lowest BCUT2D eigenvalue weighted by atomic mass is 10.1. The van der Waals surface area contributed by atoms with Gasteiger partial charge >= 0.3 is 0 Å². The largest absolute Gasteiger partial charge is 0.496 e. The minimum Gasteiger partial charge on any atom is -0.496 e. The number of aromatic nitrogens is 3. The van der Waals surface area contributed by atoms with Crippen LogP contribution in [-0.2, 0) is 19.5 Å². The minimum absolute atomic E-state index is 0. The first-order valence-electron chi connectivity index (χ1n) is 8.12. The third kappa shape index (κ3) is 6.18. The van der Waals surface area contributed by atoms with Crippen molar-refractivity contribution in [1.29, 1.82) is 0 Å². The molecule has 1 heterocycles. The van der Waals surface area contributed by atoms with Crippen molar-refractivity contribution < 1.29 is 4.74 Å². The quantitative estimate of drug-likeness (QED) is 0.378. The standard InChI is InChI=1S/C17H26N6O.HI/c1-5-16-22-21-12-23(16)9-8-19-17(18-3)20-11-14-6-7-15(24-4)13(2)10-14;/h6-7,10,12H,5,8-9,11H2,1-4H3,(H2,18,19,20);1H. The Morgan fingerprint density at radius 3 is 2.76 bits per heavy atom. The summed E-state index contributed by atoms with van der Waals surface area (Å²) in [6.45, 7) is 6.38. The molecule has 7 nitrogen and oxygen atoms in total. The van der Waals surface area contributed by atoms with E-state index in [2.05, 4.69) is 44.9 Å². The van der Waals surface area contributed by atoms with Gasteiger partial charge in [0, 0.05) is 33.1 Å². The van der Waals surface area contributed by atoms with E-state index < -0.39 is 0 Å². The molecule has 0 bridgehead atoms. The summed E-state index contributed by atoms with van der Waals surface area (Å²) >= 11 is 0. The number of rotatable bonds is 7.